The number of benzene rings is 1. The second kappa shape index (κ2) is 4.72. The van der Waals surface area contributed by atoms with E-state index < -0.39 is 0 Å². The van der Waals surface area contributed by atoms with E-state index >= 15 is 0 Å². The standard InChI is InChI=1S/C16H21N3/c1-11(2)19(10-12-5-6-12)15-8-7-14-13(16(15)17)4-3-9-18-14/h3-4,7-9,11-12H,5-6,10,17H2,1-2H3. The molecule has 0 spiro atoms. The monoisotopic (exact) mass is 255 g/mol. The van der Waals surface area contributed by atoms with Crippen LogP contribution in [-0.4, -0.2) is 17.6 Å². The van der Waals surface area contributed by atoms with Crippen molar-refractivity contribution in [2.45, 2.75) is 32.7 Å². The van der Waals surface area contributed by atoms with Crippen molar-refractivity contribution in [1.82, 2.24) is 4.98 Å². The molecule has 19 heavy (non-hydrogen) atoms. The molecule has 0 atom stereocenters. The molecular formula is C16H21N3. The number of nitrogen functional groups attached to an aromatic ring is 1. The lowest BCUT2D eigenvalue weighted by Crippen LogP contribution is -2.33. The highest BCUT2D eigenvalue weighted by atomic mass is 15.2. The summed E-state index contributed by atoms with van der Waals surface area (Å²) >= 11 is 0. The Bertz CT molecular complexity index is 588. The summed E-state index contributed by atoms with van der Waals surface area (Å²) in [6.45, 7) is 5.58. The molecule has 1 heterocycles. The molecule has 0 aliphatic heterocycles. The Hall–Kier alpha value is -1.77. The lowest BCUT2D eigenvalue weighted by molar-refractivity contribution is 0.646. The normalized spacial score (nSPS) is 15.1. The SMILES string of the molecule is CC(C)N(CC1CC1)c1ccc2ncccc2c1N. The maximum absolute atomic E-state index is 6.37. The van der Waals surface area contributed by atoms with Crippen molar-refractivity contribution >= 4 is 22.3 Å². The van der Waals surface area contributed by atoms with Crippen molar-refractivity contribution in [2.24, 2.45) is 5.92 Å². The highest BCUT2D eigenvalue weighted by Crippen LogP contribution is 2.36. The highest BCUT2D eigenvalue weighted by Gasteiger charge is 2.26. The van der Waals surface area contributed by atoms with Crippen LogP contribution in [0.4, 0.5) is 11.4 Å². The Labute approximate surface area is 114 Å². The van der Waals surface area contributed by atoms with E-state index in [4.69, 9.17) is 5.73 Å². The lowest BCUT2D eigenvalue weighted by Gasteiger charge is -2.30. The van der Waals surface area contributed by atoms with Gasteiger partial charge in [-0.05, 0) is 56.9 Å². The van der Waals surface area contributed by atoms with E-state index in [1.54, 1.807) is 0 Å². The average molecular weight is 255 g/mol. The number of fused-ring (bicyclic) bond motifs is 1. The highest BCUT2D eigenvalue weighted by molar-refractivity contribution is 5.97. The molecule has 0 bridgehead atoms. The first-order valence-electron chi connectivity index (χ1n) is 7.06. The molecule has 1 saturated carbocycles. The first-order chi connectivity index (χ1) is 9.16. The molecular weight excluding hydrogens is 234 g/mol. The van der Waals surface area contributed by atoms with Crippen LogP contribution in [-0.2, 0) is 0 Å². The summed E-state index contributed by atoms with van der Waals surface area (Å²) in [5.74, 6) is 0.853. The van der Waals surface area contributed by atoms with Crippen LogP contribution < -0.4 is 10.6 Å². The molecule has 0 saturated heterocycles. The van der Waals surface area contributed by atoms with Gasteiger partial charge in [0.1, 0.15) is 0 Å². The Balaban J connectivity index is 2.04. The summed E-state index contributed by atoms with van der Waals surface area (Å²) in [5, 5.41) is 1.06. The van der Waals surface area contributed by atoms with Gasteiger partial charge in [0.15, 0.2) is 0 Å². The van der Waals surface area contributed by atoms with Crippen molar-refractivity contribution in [1.29, 1.82) is 0 Å². The third kappa shape index (κ3) is 2.37. The van der Waals surface area contributed by atoms with E-state index in [1.165, 1.54) is 12.8 Å². The van der Waals surface area contributed by atoms with Gasteiger partial charge in [-0.3, -0.25) is 4.98 Å². The van der Waals surface area contributed by atoms with Crippen LogP contribution in [0.1, 0.15) is 26.7 Å². The van der Waals surface area contributed by atoms with Crippen molar-refractivity contribution in [3.8, 4) is 0 Å². The van der Waals surface area contributed by atoms with Crippen LogP contribution in [0.2, 0.25) is 0 Å². The largest absolute Gasteiger partial charge is 0.396 e. The molecule has 100 valence electrons. The van der Waals surface area contributed by atoms with Crippen molar-refractivity contribution < 1.29 is 0 Å². The average Bonchev–Trinajstić information content (AvgIpc) is 3.21. The van der Waals surface area contributed by atoms with Crippen LogP contribution in [0.15, 0.2) is 30.5 Å². The van der Waals surface area contributed by atoms with Crippen LogP contribution >= 0.6 is 0 Å². The fraction of sp³-hybridized carbons (Fsp3) is 0.438. The summed E-state index contributed by atoms with van der Waals surface area (Å²) in [5.41, 5.74) is 9.36. The Morgan fingerprint density at radius 1 is 1.32 bits per heavy atom. The minimum atomic E-state index is 0.469. The van der Waals surface area contributed by atoms with Gasteiger partial charge >= 0.3 is 0 Å². The quantitative estimate of drug-likeness (QED) is 0.851. The van der Waals surface area contributed by atoms with Gasteiger partial charge < -0.3 is 10.6 Å². The zero-order valence-electron chi connectivity index (χ0n) is 11.6. The number of rotatable bonds is 4. The summed E-state index contributed by atoms with van der Waals surface area (Å²) in [6, 6.07) is 8.66. The van der Waals surface area contributed by atoms with Gasteiger partial charge in [0.25, 0.3) is 0 Å². The van der Waals surface area contributed by atoms with Crippen molar-refractivity contribution in [2.75, 3.05) is 17.2 Å². The molecule has 3 rings (SSSR count). The summed E-state index contributed by atoms with van der Waals surface area (Å²) in [4.78, 5) is 6.79. The van der Waals surface area contributed by atoms with Gasteiger partial charge in [-0.1, -0.05) is 0 Å². The van der Waals surface area contributed by atoms with Crippen LogP contribution in [0.3, 0.4) is 0 Å². The topological polar surface area (TPSA) is 42.2 Å². The van der Waals surface area contributed by atoms with E-state index in [1.807, 2.05) is 12.3 Å². The van der Waals surface area contributed by atoms with E-state index in [9.17, 15) is 0 Å². The molecule has 1 aromatic carbocycles. The molecule has 2 N–H and O–H groups in total. The van der Waals surface area contributed by atoms with Gasteiger partial charge in [0.2, 0.25) is 0 Å². The van der Waals surface area contributed by atoms with Crippen LogP contribution in [0, 0.1) is 5.92 Å². The third-order valence-electron chi connectivity index (χ3n) is 3.89. The number of pyridine rings is 1. The zero-order chi connectivity index (χ0) is 13.4. The van der Waals surface area contributed by atoms with Crippen LogP contribution in [0.5, 0.6) is 0 Å². The fourth-order valence-corrected chi connectivity index (χ4v) is 2.58. The molecule has 1 aliphatic carbocycles. The predicted molar refractivity (Wildman–Crippen MR) is 81.4 cm³/mol. The maximum atomic E-state index is 6.37. The molecule has 3 heteroatoms. The Kier molecular flexibility index (Phi) is 3.05. The summed E-state index contributed by atoms with van der Waals surface area (Å²) in [6.07, 6.45) is 4.53. The minimum Gasteiger partial charge on any atom is -0.396 e. The number of aromatic nitrogens is 1. The molecule has 0 unspecified atom stereocenters. The molecule has 0 radical (unpaired) electrons. The Morgan fingerprint density at radius 3 is 2.79 bits per heavy atom. The second-order valence-electron chi connectivity index (χ2n) is 5.76. The van der Waals surface area contributed by atoms with E-state index in [0.717, 1.165) is 34.7 Å². The van der Waals surface area contributed by atoms with E-state index in [0.29, 0.717) is 6.04 Å². The smallest absolute Gasteiger partial charge is 0.0724 e. The zero-order valence-corrected chi connectivity index (χ0v) is 11.6. The minimum absolute atomic E-state index is 0.469. The fourth-order valence-electron chi connectivity index (χ4n) is 2.58. The molecule has 2 aromatic rings. The molecule has 1 fully saturated rings. The van der Waals surface area contributed by atoms with Gasteiger partial charge in [0.05, 0.1) is 16.9 Å². The van der Waals surface area contributed by atoms with Crippen molar-refractivity contribution in [3.05, 3.63) is 30.5 Å². The second-order valence-corrected chi connectivity index (χ2v) is 5.76. The molecule has 1 aliphatic rings. The van der Waals surface area contributed by atoms with Gasteiger partial charge in [-0.25, -0.2) is 0 Å². The van der Waals surface area contributed by atoms with Gasteiger partial charge in [-0.15, -0.1) is 0 Å². The number of hydrogen-bond acceptors (Lipinski definition) is 3. The number of anilines is 2. The first kappa shape index (κ1) is 12.3. The summed E-state index contributed by atoms with van der Waals surface area (Å²) < 4.78 is 0. The molecule has 3 nitrogen and oxygen atoms in total. The third-order valence-corrected chi connectivity index (χ3v) is 3.89. The first-order valence-corrected chi connectivity index (χ1v) is 7.06. The van der Waals surface area contributed by atoms with Gasteiger partial charge in [-0.2, -0.15) is 0 Å². The number of nitrogens with two attached hydrogens (primary N) is 1. The van der Waals surface area contributed by atoms with E-state index in [-0.39, 0.29) is 0 Å². The summed E-state index contributed by atoms with van der Waals surface area (Å²) in [7, 11) is 0. The van der Waals surface area contributed by atoms with E-state index in [2.05, 4.69) is 41.9 Å². The number of nitrogens with zero attached hydrogens (tertiary/aromatic N) is 2. The van der Waals surface area contributed by atoms with Gasteiger partial charge in [0, 0.05) is 24.2 Å². The Morgan fingerprint density at radius 2 is 2.11 bits per heavy atom. The predicted octanol–water partition coefficient (Wildman–Crippen LogP) is 3.44. The maximum Gasteiger partial charge on any atom is 0.0724 e. The lowest BCUT2D eigenvalue weighted by atomic mass is 10.1. The van der Waals surface area contributed by atoms with Crippen molar-refractivity contribution in [3.63, 3.8) is 0 Å². The van der Waals surface area contributed by atoms with Crippen LogP contribution in [0.25, 0.3) is 10.9 Å². The number of hydrogen-bond donors (Lipinski definition) is 1. The molecule has 1 aromatic heterocycles. The molecule has 0 amide bonds.